The zero-order valence-corrected chi connectivity index (χ0v) is 24.0. The molecule has 4 heterocycles. The number of hydrogen-bond acceptors (Lipinski definition) is 11. The molecule has 3 aromatic heterocycles. The number of furan rings is 1. The Balaban J connectivity index is 1.25. The molecule has 3 atom stereocenters. The van der Waals surface area contributed by atoms with Gasteiger partial charge < -0.3 is 24.4 Å². The summed E-state index contributed by atoms with van der Waals surface area (Å²) in [6, 6.07) is 17.2. The number of hydrogen-bond donors (Lipinski definition) is 1. The molecule has 44 heavy (non-hydrogen) atoms. The molecule has 0 amide bonds. The number of nitrogen functional groups attached to an aromatic ring is 1. The lowest BCUT2D eigenvalue weighted by Gasteiger charge is -2.18. The van der Waals surface area contributed by atoms with Crippen LogP contribution in [-0.2, 0) is 19.0 Å². The minimum atomic E-state index is -0.749. The molecule has 3 unspecified atom stereocenters. The van der Waals surface area contributed by atoms with E-state index in [0.717, 1.165) is 11.1 Å². The van der Waals surface area contributed by atoms with Gasteiger partial charge in [0.25, 0.3) is 0 Å². The van der Waals surface area contributed by atoms with Crippen molar-refractivity contribution in [3.8, 4) is 11.5 Å². The zero-order valence-electron chi connectivity index (χ0n) is 24.0. The third kappa shape index (κ3) is 5.92. The number of ether oxygens (including phenoxy) is 3. The van der Waals surface area contributed by atoms with Gasteiger partial charge in [-0.2, -0.15) is 5.10 Å². The lowest BCUT2D eigenvalue weighted by atomic mass is 9.97. The average molecular weight is 596 g/mol. The van der Waals surface area contributed by atoms with Gasteiger partial charge in [0.15, 0.2) is 17.6 Å². The molecule has 1 aliphatic heterocycles. The molecule has 0 bridgehead atoms. The van der Waals surface area contributed by atoms with Crippen molar-refractivity contribution in [3.05, 3.63) is 95.5 Å². The van der Waals surface area contributed by atoms with Crippen molar-refractivity contribution < 1.29 is 33.0 Å². The van der Waals surface area contributed by atoms with Gasteiger partial charge in [0, 0.05) is 12.3 Å². The minimum Gasteiger partial charge on any atom is -0.463 e. The van der Waals surface area contributed by atoms with Crippen LogP contribution in [0.15, 0.2) is 77.7 Å². The molecule has 0 radical (unpaired) electrons. The molecule has 0 spiro atoms. The normalized spacial score (nSPS) is 17.9. The van der Waals surface area contributed by atoms with Gasteiger partial charge in [-0.25, -0.2) is 24.2 Å². The Hall–Kier alpha value is -5.36. The van der Waals surface area contributed by atoms with Gasteiger partial charge in [0.2, 0.25) is 0 Å². The van der Waals surface area contributed by atoms with Crippen molar-refractivity contribution in [1.82, 2.24) is 19.7 Å². The van der Waals surface area contributed by atoms with E-state index < -0.39 is 36.2 Å². The molecule has 12 heteroatoms. The predicted molar refractivity (Wildman–Crippen MR) is 157 cm³/mol. The van der Waals surface area contributed by atoms with E-state index in [4.69, 9.17) is 29.5 Å². The molecule has 1 aliphatic rings. The Kier molecular flexibility index (Phi) is 7.90. The number of carbonyl (C=O) groups excluding carboxylic acids is 3. The molecule has 224 valence electrons. The van der Waals surface area contributed by atoms with Gasteiger partial charge in [-0.3, -0.25) is 4.79 Å². The summed E-state index contributed by atoms with van der Waals surface area (Å²) in [6.07, 6.45) is 1.51. The van der Waals surface area contributed by atoms with Gasteiger partial charge in [0.05, 0.1) is 35.3 Å². The number of rotatable bonds is 8. The number of fused-ring (bicyclic) bond motifs is 1. The van der Waals surface area contributed by atoms with E-state index in [1.54, 1.807) is 53.2 Å². The SMILES string of the molecule is Cc1ccc(C(=O)OCC2OC(n3nc(-c4ccco4)c4c(N)ncnc43)CC2CC(=O)OC(=O)c2ccc(C)cc2)cc1. The number of nitrogens with zero attached hydrogens (tertiary/aromatic N) is 4. The molecule has 6 rings (SSSR count). The highest BCUT2D eigenvalue weighted by Crippen LogP contribution is 2.39. The van der Waals surface area contributed by atoms with E-state index in [-0.39, 0.29) is 30.8 Å². The maximum absolute atomic E-state index is 13.0. The number of benzene rings is 2. The molecule has 1 fully saturated rings. The van der Waals surface area contributed by atoms with Crippen LogP contribution in [0.4, 0.5) is 5.82 Å². The van der Waals surface area contributed by atoms with Gasteiger partial charge in [0.1, 0.15) is 24.4 Å². The first-order valence-corrected chi connectivity index (χ1v) is 14.0. The molecule has 2 N–H and O–H groups in total. The molecule has 12 nitrogen and oxygen atoms in total. The lowest BCUT2D eigenvalue weighted by molar-refractivity contribution is -0.139. The number of aromatic nitrogens is 4. The summed E-state index contributed by atoms with van der Waals surface area (Å²) in [6.45, 7) is 3.67. The Morgan fingerprint density at radius 1 is 0.955 bits per heavy atom. The first-order valence-electron chi connectivity index (χ1n) is 14.0. The van der Waals surface area contributed by atoms with Gasteiger partial charge in [-0.15, -0.1) is 0 Å². The highest BCUT2D eigenvalue weighted by atomic mass is 16.6. The molecule has 5 aromatic rings. The van der Waals surface area contributed by atoms with Crippen LogP contribution in [0.1, 0.15) is 50.9 Å². The molecule has 0 aliphatic carbocycles. The van der Waals surface area contributed by atoms with Crippen molar-refractivity contribution >= 4 is 34.8 Å². The van der Waals surface area contributed by atoms with Crippen LogP contribution in [0.25, 0.3) is 22.5 Å². The molecular formula is C32H29N5O7. The van der Waals surface area contributed by atoms with Crippen molar-refractivity contribution in [2.75, 3.05) is 12.3 Å². The largest absolute Gasteiger partial charge is 0.463 e. The van der Waals surface area contributed by atoms with Gasteiger partial charge in [-0.1, -0.05) is 35.4 Å². The number of nitrogens with two attached hydrogens (primary N) is 1. The van der Waals surface area contributed by atoms with E-state index in [0.29, 0.717) is 28.1 Å². The Bertz CT molecular complexity index is 1810. The predicted octanol–water partition coefficient (Wildman–Crippen LogP) is 4.82. The summed E-state index contributed by atoms with van der Waals surface area (Å²) >= 11 is 0. The molecule has 1 saturated heterocycles. The second-order valence-electron chi connectivity index (χ2n) is 10.6. The van der Waals surface area contributed by atoms with Crippen molar-refractivity contribution in [2.45, 2.75) is 39.0 Å². The monoisotopic (exact) mass is 595 g/mol. The number of esters is 3. The Morgan fingerprint density at radius 2 is 1.64 bits per heavy atom. The van der Waals surface area contributed by atoms with Crippen molar-refractivity contribution in [1.29, 1.82) is 0 Å². The third-order valence-electron chi connectivity index (χ3n) is 7.50. The summed E-state index contributed by atoms with van der Waals surface area (Å²) in [5, 5.41) is 5.19. The quantitative estimate of drug-likeness (QED) is 0.193. The molecule has 0 saturated carbocycles. The highest BCUT2D eigenvalue weighted by molar-refractivity contribution is 5.98. The lowest BCUT2D eigenvalue weighted by Crippen LogP contribution is -2.27. The molecular weight excluding hydrogens is 566 g/mol. The van der Waals surface area contributed by atoms with Crippen LogP contribution in [0, 0.1) is 19.8 Å². The maximum atomic E-state index is 13.0. The van der Waals surface area contributed by atoms with E-state index in [1.807, 2.05) is 26.0 Å². The van der Waals surface area contributed by atoms with E-state index >= 15 is 0 Å². The zero-order chi connectivity index (χ0) is 30.8. The van der Waals surface area contributed by atoms with Crippen LogP contribution in [-0.4, -0.2) is 50.4 Å². The van der Waals surface area contributed by atoms with Crippen LogP contribution >= 0.6 is 0 Å². The van der Waals surface area contributed by atoms with E-state index in [9.17, 15) is 14.4 Å². The first kappa shape index (κ1) is 28.7. The first-order chi connectivity index (χ1) is 21.3. The Labute approximate surface area is 251 Å². The summed E-state index contributed by atoms with van der Waals surface area (Å²) in [7, 11) is 0. The summed E-state index contributed by atoms with van der Waals surface area (Å²) in [5.41, 5.74) is 9.67. The highest BCUT2D eigenvalue weighted by Gasteiger charge is 2.40. The van der Waals surface area contributed by atoms with Gasteiger partial charge >= 0.3 is 17.9 Å². The second-order valence-corrected chi connectivity index (χ2v) is 10.6. The minimum absolute atomic E-state index is 0.144. The smallest absolute Gasteiger partial charge is 0.345 e. The fraction of sp³-hybridized carbons (Fsp3) is 0.250. The summed E-state index contributed by atoms with van der Waals surface area (Å²) in [4.78, 5) is 46.9. The van der Waals surface area contributed by atoms with Crippen LogP contribution in [0.3, 0.4) is 0 Å². The van der Waals surface area contributed by atoms with Crippen molar-refractivity contribution in [2.24, 2.45) is 5.92 Å². The summed E-state index contributed by atoms with van der Waals surface area (Å²) in [5.74, 6) is -1.82. The van der Waals surface area contributed by atoms with Crippen LogP contribution < -0.4 is 5.73 Å². The number of carbonyl (C=O) groups is 3. The maximum Gasteiger partial charge on any atom is 0.345 e. The second kappa shape index (κ2) is 12.1. The van der Waals surface area contributed by atoms with Crippen LogP contribution in [0.5, 0.6) is 0 Å². The average Bonchev–Trinajstić information content (AvgIpc) is 3.76. The summed E-state index contributed by atoms with van der Waals surface area (Å²) < 4.78 is 24.2. The van der Waals surface area contributed by atoms with Gasteiger partial charge in [-0.05, 0) is 50.2 Å². The molecule has 2 aromatic carbocycles. The Morgan fingerprint density at radius 3 is 2.30 bits per heavy atom. The van der Waals surface area contributed by atoms with E-state index in [2.05, 4.69) is 9.97 Å². The van der Waals surface area contributed by atoms with Crippen molar-refractivity contribution in [3.63, 3.8) is 0 Å². The third-order valence-corrected chi connectivity index (χ3v) is 7.50. The fourth-order valence-corrected chi connectivity index (χ4v) is 5.15. The van der Waals surface area contributed by atoms with Crippen LogP contribution in [0.2, 0.25) is 0 Å². The topological polar surface area (TPSA) is 162 Å². The van der Waals surface area contributed by atoms with E-state index in [1.165, 1.54) is 12.6 Å². The number of anilines is 1. The standard InChI is InChI=1S/C32H29N5O7/c1-18-5-9-20(10-6-18)31(39)42-16-24-22(15-26(38)44-32(40)21-11-7-19(2)8-12-21)14-25(43-24)37-30-27(29(33)34-17-35-30)28(36-37)23-4-3-13-41-23/h3-13,17,22,24-25H,14-16H2,1-2H3,(H2,33,34,35). The fourth-order valence-electron chi connectivity index (χ4n) is 5.15. The number of aryl methyl sites for hydroxylation is 2.